The predicted octanol–water partition coefficient (Wildman–Crippen LogP) is 1.92. The Bertz CT molecular complexity index is 288. The number of hydrogen-bond acceptors (Lipinski definition) is 3. The third kappa shape index (κ3) is 3.39. The Labute approximate surface area is 77.6 Å². The van der Waals surface area contributed by atoms with E-state index in [2.05, 4.69) is 11.3 Å². The number of aryl methyl sites for hydroxylation is 1. The van der Waals surface area contributed by atoms with Crippen molar-refractivity contribution in [3.8, 4) is 6.57 Å². The molecule has 0 saturated heterocycles. The highest BCUT2D eigenvalue weighted by molar-refractivity contribution is 5.89. The number of nitriles is 1. The molecular weight excluding hydrogens is 166 g/mol. The highest BCUT2D eigenvalue weighted by Crippen LogP contribution is 2.03. The van der Waals surface area contributed by atoms with Crippen molar-refractivity contribution >= 4 is 5.97 Å². The molecule has 0 atom stereocenters. The van der Waals surface area contributed by atoms with Crippen molar-refractivity contribution in [3.05, 3.63) is 35.4 Å². The van der Waals surface area contributed by atoms with Crippen LogP contribution >= 0.6 is 0 Å². The molecule has 1 rings (SSSR count). The van der Waals surface area contributed by atoms with Crippen molar-refractivity contribution in [2.75, 3.05) is 7.11 Å². The van der Waals surface area contributed by atoms with Crippen LogP contribution in [0.2, 0.25) is 0 Å². The molecule has 0 bridgehead atoms. The van der Waals surface area contributed by atoms with Crippen molar-refractivity contribution in [1.29, 1.82) is 5.26 Å². The number of benzene rings is 1. The summed E-state index contributed by atoms with van der Waals surface area (Å²) in [6.07, 6.45) is 0. The maximum Gasteiger partial charge on any atom is 0.337 e. The Kier molecular flexibility index (Phi) is 4.97. The van der Waals surface area contributed by atoms with Crippen LogP contribution in [0, 0.1) is 18.8 Å². The van der Waals surface area contributed by atoms with Gasteiger partial charge in [-0.15, -0.1) is 0 Å². The summed E-state index contributed by atoms with van der Waals surface area (Å²) in [5.74, 6) is -0.287. The first kappa shape index (κ1) is 11.2. The summed E-state index contributed by atoms with van der Waals surface area (Å²) in [7, 11) is 1.38. The SMILES string of the molecule is C#N.COC(=O)c1ccc(C)cc1. The Balaban J connectivity index is 0.000000671. The molecule has 0 radical (unpaired) electrons. The van der Waals surface area contributed by atoms with Crippen LogP contribution in [0.3, 0.4) is 0 Å². The Hall–Kier alpha value is -1.82. The smallest absolute Gasteiger partial charge is 0.337 e. The van der Waals surface area contributed by atoms with Crippen LogP contribution in [-0.2, 0) is 4.74 Å². The molecule has 0 unspecified atom stereocenters. The molecule has 0 saturated carbocycles. The summed E-state index contributed by atoms with van der Waals surface area (Å²) in [6.45, 7) is 5.47. The van der Waals surface area contributed by atoms with Crippen LogP contribution < -0.4 is 0 Å². The lowest BCUT2D eigenvalue weighted by atomic mass is 10.2. The first-order valence-corrected chi connectivity index (χ1v) is 3.65. The fourth-order valence-corrected chi connectivity index (χ4v) is 0.807. The van der Waals surface area contributed by atoms with Crippen LogP contribution in [0.25, 0.3) is 0 Å². The van der Waals surface area contributed by atoms with Crippen molar-refractivity contribution in [2.24, 2.45) is 0 Å². The average Bonchev–Trinajstić information content (AvgIpc) is 2.21. The summed E-state index contributed by atoms with van der Waals surface area (Å²) >= 11 is 0. The number of hydrogen-bond donors (Lipinski definition) is 0. The fraction of sp³-hybridized carbons (Fsp3) is 0.200. The van der Waals surface area contributed by atoms with E-state index in [4.69, 9.17) is 5.26 Å². The lowest BCUT2D eigenvalue weighted by molar-refractivity contribution is 0.0601. The molecule has 0 aliphatic carbocycles. The molecular formula is C10H11NO2. The minimum Gasteiger partial charge on any atom is -0.465 e. The zero-order valence-electron chi connectivity index (χ0n) is 7.65. The summed E-state index contributed by atoms with van der Waals surface area (Å²) in [6, 6.07) is 7.26. The normalized spacial score (nSPS) is 8.00. The second-order valence-electron chi connectivity index (χ2n) is 2.36. The zero-order chi connectivity index (χ0) is 10.3. The Morgan fingerprint density at radius 2 is 1.77 bits per heavy atom. The number of esters is 1. The van der Waals surface area contributed by atoms with Gasteiger partial charge in [0, 0.05) is 6.57 Å². The van der Waals surface area contributed by atoms with E-state index in [-0.39, 0.29) is 5.97 Å². The van der Waals surface area contributed by atoms with E-state index >= 15 is 0 Å². The topological polar surface area (TPSA) is 50.1 Å². The van der Waals surface area contributed by atoms with Crippen LogP contribution in [0.4, 0.5) is 0 Å². The van der Waals surface area contributed by atoms with E-state index in [1.807, 2.05) is 19.1 Å². The monoisotopic (exact) mass is 177 g/mol. The van der Waals surface area contributed by atoms with Crippen molar-refractivity contribution in [1.82, 2.24) is 0 Å². The summed E-state index contributed by atoms with van der Waals surface area (Å²) in [5.41, 5.74) is 1.73. The van der Waals surface area contributed by atoms with Crippen LogP contribution in [0.5, 0.6) is 0 Å². The van der Waals surface area contributed by atoms with Crippen LogP contribution in [0.15, 0.2) is 24.3 Å². The molecule has 1 aromatic rings. The largest absolute Gasteiger partial charge is 0.465 e. The quantitative estimate of drug-likeness (QED) is 0.616. The first-order chi connectivity index (χ1) is 6.24. The van der Waals surface area contributed by atoms with Gasteiger partial charge in [0.2, 0.25) is 0 Å². The van der Waals surface area contributed by atoms with Gasteiger partial charge in [-0.3, -0.25) is 0 Å². The van der Waals surface area contributed by atoms with Gasteiger partial charge in [-0.2, -0.15) is 0 Å². The molecule has 3 nitrogen and oxygen atoms in total. The number of carbonyl (C=O) groups is 1. The van der Waals surface area contributed by atoms with E-state index in [1.54, 1.807) is 12.1 Å². The van der Waals surface area contributed by atoms with Gasteiger partial charge in [0.15, 0.2) is 0 Å². The van der Waals surface area contributed by atoms with Crippen LogP contribution in [0.1, 0.15) is 15.9 Å². The van der Waals surface area contributed by atoms with Crippen molar-refractivity contribution < 1.29 is 9.53 Å². The Morgan fingerprint density at radius 1 is 1.31 bits per heavy atom. The Morgan fingerprint density at radius 3 is 2.15 bits per heavy atom. The molecule has 13 heavy (non-hydrogen) atoms. The molecule has 3 heteroatoms. The minimum atomic E-state index is -0.287. The van der Waals surface area contributed by atoms with Crippen molar-refractivity contribution in [2.45, 2.75) is 6.92 Å². The lowest BCUT2D eigenvalue weighted by Gasteiger charge is -1.97. The first-order valence-electron chi connectivity index (χ1n) is 3.65. The molecule has 68 valence electrons. The molecule has 0 fully saturated rings. The molecule has 0 spiro atoms. The number of rotatable bonds is 1. The zero-order valence-corrected chi connectivity index (χ0v) is 7.65. The number of nitrogens with zero attached hydrogens (tertiary/aromatic N) is 1. The maximum absolute atomic E-state index is 10.9. The third-order valence-corrected chi connectivity index (χ3v) is 1.47. The van der Waals surface area contributed by atoms with Crippen LogP contribution in [-0.4, -0.2) is 13.1 Å². The molecule has 0 aromatic heterocycles. The molecule has 0 heterocycles. The lowest BCUT2D eigenvalue weighted by Crippen LogP contribution is -2.00. The van der Waals surface area contributed by atoms with Gasteiger partial charge in [0.1, 0.15) is 0 Å². The highest BCUT2D eigenvalue weighted by atomic mass is 16.5. The second-order valence-corrected chi connectivity index (χ2v) is 2.36. The highest BCUT2D eigenvalue weighted by Gasteiger charge is 2.01. The maximum atomic E-state index is 10.9. The predicted molar refractivity (Wildman–Crippen MR) is 49.2 cm³/mol. The number of ether oxygens (including phenoxy) is 1. The van der Waals surface area contributed by atoms with Gasteiger partial charge in [-0.05, 0) is 19.1 Å². The van der Waals surface area contributed by atoms with E-state index in [0.29, 0.717) is 5.56 Å². The standard InChI is InChI=1S/C9H10O2.CHN/c1-7-3-5-8(6-4-7)9(10)11-2;1-2/h3-6H,1-2H3;1H. The van der Waals surface area contributed by atoms with E-state index in [1.165, 1.54) is 7.11 Å². The number of carbonyl (C=O) groups excluding carboxylic acids is 1. The van der Waals surface area contributed by atoms with Gasteiger partial charge in [-0.1, -0.05) is 17.7 Å². The third-order valence-electron chi connectivity index (χ3n) is 1.47. The molecule has 1 aromatic carbocycles. The second kappa shape index (κ2) is 5.78. The average molecular weight is 177 g/mol. The summed E-state index contributed by atoms with van der Waals surface area (Å²) in [5, 5.41) is 6.50. The summed E-state index contributed by atoms with van der Waals surface area (Å²) in [4.78, 5) is 10.9. The number of methoxy groups -OCH3 is 1. The molecule has 0 aliphatic heterocycles. The van der Waals surface area contributed by atoms with Gasteiger partial charge in [0.25, 0.3) is 0 Å². The molecule has 0 N–H and O–H groups in total. The van der Waals surface area contributed by atoms with E-state index in [0.717, 1.165) is 5.56 Å². The van der Waals surface area contributed by atoms with Gasteiger partial charge < -0.3 is 4.74 Å². The molecule has 0 aliphatic rings. The van der Waals surface area contributed by atoms with Gasteiger partial charge in [0.05, 0.1) is 12.7 Å². The van der Waals surface area contributed by atoms with Crippen molar-refractivity contribution in [3.63, 3.8) is 0 Å². The fourth-order valence-electron chi connectivity index (χ4n) is 0.807. The van der Waals surface area contributed by atoms with Gasteiger partial charge in [-0.25, -0.2) is 10.1 Å². The summed E-state index contributed by atoms with van der Waals surface area (Å²) < 4.78 is 4.54. The van der Waals surface area contributed by atoms with E-state index in [9.17, 15) is 4.79 Å². The van der Waals surface area contributed by atoms with Gasteiger partial charge >= 0.3 is 5.97 Å². The van der Waals surface area contributed by atoms with E-state index < -0.39 is 0 Å². The minimum absolute atomic E-state index is 0.287. The molecule has 0 amide bonds.